The summed E-state index contributed by atoms with van der Waals surface area (Å²) in [5.74, 6) is -1.84. The molecule has 3 heterocycles. The quantitative estimate of drug-likeness (QED) is 0.934. The molecule has 2 aromatic rings. The van der Waals surface area contributed by atoms with Crippen molar-refractivity contribution in [1.29, 1.82) is 0 Å². The van der Waals surface area contributed by atoms with Crippen molar-refractivity contribution < 1.29 is 23.0 Å². The third-order valence-electron chi connectivity index (χ3n) is 4.45. The van der Waals surface area contributed by atoms with Gasteiger partial charge in [-0.2, -0.15) is 0 Å². The maximum Gasteiger partial charge on any atom is 0.173 e. The fourth-order valence-corrected chi connectivity index (χ4v) is 3.22. The Balaban J connectivity index is 1.48. The van der Waals surface area contributed by atoms with E-state index < -0.39 is 17.4 Å². The predicted molar refractivity (Wildman–Crippen MR) is 83.8 cm³/mol. The summed E-state index contributed by atoms with van der Waals surface area (Å²) < 4.78 is 44.5. The molecule has 1 N–H and O–H groups in total. The van der Waals surface area contributed by atoms with Gasteiger partial charge in [0.1, 0.15) is 17.4 Å². The normalized spacial score (nSPS) is 23.0. The Morgan fingerprint density at radius 3 is 2.92 bits per heavy atom. The third-order valence-corrected chi connectivity index (χ3v) is 4.45. The van der Waals surface area contributed by atoms with E-state index >= 15 is 0 Å². The summed E-state index contributed by atoms with van der Waals surface area (Å²) in [5.41, 5.74) is 0.765. The number of rotatable bonds is 3. The fraction of sp³-hybridized carbons (Fsp3) is 0.471. The van der Waals surface area contributed by atoms with Crippen molar-refractivity contribution in [2.24, 2.45) is 0 Å². The first kappa shape index (κ1) is 15.7. The zero-order valence-corrected chi connectivity index (χ0v) is 13.1. The molecule has 1 aromatic carbocycles. The Labute approximate surface area is 137 Å². The van der Waals surface area contributed by atoms with Gasteiger partial charge in [-0.05, 0) is 12.1 Å². The van der Waals surface area contributed by atoms with E-state index in [0.29, 0.717) is 37.4 Å². The zero-order valence-electron chi connectivity index (χ0n) is 13.1. The summed E-state index contributed by atoms with van der Waals surface area (Å²) in [6.45, 7) is 2.24. The minimum atomic E-state index is -0.671. The molecule has 0 unspecified atom stereocenters. The summed E-state index contributed by atoms with van der Waals surface area (Å²) in [5, 5.41) is 3.61. The highest BCUT2D eigenvalue weighted by atomic mass is 19.1. The molecule has 128 valence electrons. The highest BCUT2D eigenvalue weighted by Gasteiger charge is 2.42. The second-order valence-corrected chi connectivity index (χ2v) is 6.10. The van der Waals surface area contributed by atoms with Gasteiger partial charge in [-0.3, -0.25) is 4.98 Å². The van der Waals surface area contributed by atoms with Crippen molar-refractivity contribution >= 4 is 16.6 Å². The van der Waals surface area contributed by atoms with E-state index in [9.17, 15) is 8.78 Å². The molecule has 0 bridgehead atoms. The summed E-state index contributed by atoms with van der Waals surface area (Å²) in [6, 6.07) is 3.81. The van der Waals surface area contributed by atoms with Crippen LogP contribution >= 0.6 is 0 Å². The van der Waals surface area contributed by atoms with Gasteiger partial charge < -0.3 is 19.5 Å². The first-order valence-corrected chi connectivity index (χ1v) is 8.02. The van der Waals surface area contributed by atoms with Crippen molar-refractivity contribution in [2.45, 2.75) is 24.7 Å². The van der Waals surface area contributed by atoms with Gasteiger partial charge in [-0.25, -0.2) is 8.78 Å². The first-order chi connectivity index (χ1) is 11.7. The fourth-order valence-electron chi connectivity index (χ4n) is 3.22. The minimum absolute atomic E-state index is 0.121. The molecule has 24 heavy (non-hydrogen) atoms. The molecule has 4 rings (SSSR count). The van der Waals surface area contributed by atoms with Gasteiger partial charge in [0, 0.05) is 42.7 Å². The summed E-state index contributed by atoms with van der Waals surface area (Å²) in [7, 11) is 0. The predicted octanol–water partition coefficient (Wildman–Crippen LogP) is 2.85. The molecule has 0 saturated carbocycles. The van der Waals surface area contributed by atoms with Gasteiger partial charge in [0.15, 0.2) is 11.6 Å². The van der Waals surface area contributed by atoms with Crippen LogP contribution in [0.5, 0.6) is 0 Å². The van der Waals surface area contributed by atoms with Crippen LogP contribution < -0.4 is 5.32 Å². The largest absolute Gasteiger partial charge is 0.382 e. The van der Waals surface area contributed by atoms with Crippen LogP contribution in [0, 0.1) is 11.6 Å². The third kappa shape index (κ3) is 2.94. The molecule has 0 radical (unpaired) electrons. The molecule has 0 amide bonds. The highest BCUT2D eigenvalue weighted by Crippen LogP contribution is 2.33. The number of benzene rings is 1. The average Bonchev–Trinajstić information content (AvgIpc) is 2.96. The zero-order chi connectivity index (χ0) is 16.6. The summed E-state index contributed by atoms with van der Waals surface area (Å²) in [6.07, 6.45) is 2.82. The molecule has 1 spiro atoms. The summed E-state index contributed by atoms with van der Waals surface area (Å²) >= 11 is 0. The molecule has 0 aliphatic carbocycles. The van der Waals surface area contributed by atoms with Crippen LogP contribution in [0.2, 0.25) is 0 Å². The van der Waals surface area contributed by atoms with Gasteiger partial charge in [-0.15, -0.1) is 0 Å². The van der Waals surface area contributed by atoms with Crippen LogP contribution in [-0.2, 0) is 14.2 Å². The van der Waals surface area contributed by atoms with Crippen molar-refractivity contribution in [2.75, 3.05) is 31.7 Å². The van der Waals surface area contributed by atoms with Crippen molar-refractivity contribution in [3.63, 3.8) is 0 Å². The standard InChI is InChI=1S/C17H18F2N2O3/c18-11-7-13-15(1-4-20-16(13)14(19)8-11)21-9-12-10-23-17(24-12)2-5-22-6-3-17/h1,4,7-8,12H,2-3,5-6,9-10H2,(H,20,21)/t12-/m1/s1. The van der Waals surface area contributed by atoms with Crippen molar-refractivity contribution in [3.8, 4) is 0 Å². The van der Waals surface area contributed by atoms with Crippen LogP contribution in [0.4, 0.5) is 14.5 Å². The number of fused-ring (bicyclic) bond motifs is 1. The van der Waals surface area contributed by atoms with Crippen molar-refractivity contribution in [1.82, 2.24) is 4.98 Å². The lowest BCUT2D eigenvalue weighted by Gasteiger charge is -2.31. The Kier molecular flexibility index (Phi) is 4.07. The molecular formula is C17H18F2N2O3. The Hall–Kier alpha value is -1.83. The number of aromatic nitrogens is 1. The summed E-state index contributed by atoms with van der Waals surface area (Å²) in [4.78, 5) is 3.98. The number of ether oxygens (including phenoxy) is 3. The van der Waals surface area contributed by atoms with E-state index in [1.807, 2.05) is 0 Å². The number of hydrogen-bond acceptors (Lipinski definition) is 5. The van der Waals surface area contributed by atoms with E-state index in [4.69, 9.17) is 14.2 Å². The van der Waals surface area contributed by atoms with Crippen LogP contribution in [0.1, 0.15) is 12.8 Å². The van der Waals surface area contributed by atoms with E-state index in [-0.39, 0.29) is 11.6 Å². The smallest absolute Gasteiger partial charge is 0.173 e. The second kappa shape index (κ2) is 6.23. The SMILES string of the molecule is Fc1cc(F)c2nccc(NC[C@@H]3COC4(CCOCC4)O3)c2c1. The molecular weight excluding hydrogens is 318 g/mol. The molecule has 7 heteroatoms. The van der Waals surface area contributed by atoms with Crippen LogP contribution in [0.25, 0.3) is 10.9 Å². The number of anilines is 1. The highest BCUT2D eigenvalue weighted by molar-refractivity contribution is 5.91. The van der Waals surface area contributed by atoms with Gasteiger partial charge in [0.05, 0.1) is 19.8 Å². The van der Waals surface area contributed by atoms with Gasteiger partial charge in [0.25, 0.3) is 0 Å². The Morgan fingerprint density at radius 2 is 2.08 bits per heavy atom. The maximum atomic E-state index is 13.8. The van der Waals surface area contributed by atoms with E-state index in [1.165, 1.54) is 12.3 Å². The van der Waals surface area contributed by atoms with Gasteiger partial charge >= 0.3 is 0 Å². The van der Waals surface area contributed by atoms with E-state index in [1.54, 1.807) is 6.07 Å². The Bertz CT molecular complexity index is 750. The van der Waals surface area contributed by atoms with E-state index in [2.05, 4.69) is 10.3 Å². The minimum Gasteiger partial charge on any atom is -0.382 e. The lowest BCUT2D eigenvalue weighted by Crippen LogP contribution is -2.38. The Morgan fingerprint density at radius 1 is 1.25 bits per heavy atom. The molecule has 2 fully saturated rings. The van der Waals surface area contributed by atoms with Crippen LogP contribution in [0.3, 0.4) is 0 Å². The lowest BCUT2D eigenvalue weighted by molar-refractivity contribution is -0.209. The van der Waals surface area contributed by atoms with Gasteiger partial charge in [-0.1, -0.05) is 0 Å². The molecule has 5 nitrogen and oxygen atoms in total. The van der Waals surface area contributed by atoms with Crippen molar-refractivity contribution in [3.05, 3.63) is 36.0 Å². The molecule has 2 saturated heterocycles. The average molecular weight is 336 g/mol. The molecule has 2 aliphatic heterocycles. The monoisotopic (exact) mass is 336 g/mol. The molecule has 1 atom stereocenters. The number of nitrogens with one attached hydrogen (secondary N) is 1. The number of nitrogens with zero attached hydrogens (tertiary/aromatic N) is 1. The van der Waals surface area contributed by atoms with E-state index in [0.717, 1.165) is 18.9 Å². The number of pyridine rings is 1. The number of halogens is 2. The lowest BCUT2D eigenvalue weighted by atomic mass is 10.1. The first-order valence-electron chi connectivity index (χ1n) is 8.02. The topological polar surface area (TPSA) is 52.6 Å². The van der Waals surface area contributed by atoms with Gasteiger partial charge in [0.2, 0.25) is 0 Å². The second-order valence-electron chi connectivity index (χ2n) is 6.10. The van der Waals surface area contributed by atoms with Crippen LogP contribution in [-0.4, -0.2) is 43.2 Å². The maximum absolute atomic E-state index is 13.8. The molecule has 2 aliphatic rings. The van der Waals surface area contributed by atoms with Crippen LogP contribution in [0.15, 0.2) is 24.4 Å². The number of hydrogen-bond donors (Lipinski definition) is 1. The molecule has 1 aromatic heterocycles.